The van der Waals surface area contributed by atoms with Crippen molar-refractivity contribution < 1.29 is 19.4 Å². The van der Waals surface area contributed by atoms with E-state index in [9.17, 15) is 14.7 Å². The molecule has 0 saturated heterocycles. The third kappa shape index (κ3) is 2.96. The fourth-order valence-electron chi connectivity index (χ4n) is 9.52. The van der Waals surface area contributed by atoms with E-state index >= 15 is 0 Å². The van der Waals surface area contributed by atoms with Crippen LogP contribution >= 0.6 is 0 Å². The monoisotopic (exact) mass is 444 g/mol. The lowest BCUT2D eigenvalue weighted by molar-refractivity contribution is -0.191. The number of Topliss-reactive ketones (excluding diaryl/α,β-unsaturated/α-hetero) is 1. The highest BCUT2D eigenvalue weighted by Crippen LogP contribution is 2.71. The third-order valence-electron chi connectivity index (χ3n) is 11.0. The Bertz CT molecular complexity index is 801. The molecule has 32 heavy (non-hydrogen) atoms. The highest BCUT2D eigenvalue weighted by molar-refractivity contribution is 6.06. The van der Waals surface area contributed by atoms with Crippen molar-refractivity contribution in [3.8, 4) is 0 Å². The van der Waals surface area contributed by atoms with Gasteiger partial charge >= 0.3 is 5.97 Å². The third-order valence-corrected chi connectivity index (χ3v) is 11.0. The van der Waals surface area contributed by atoms with Gasteiger partial charge in [-0.2, -0.15) is 0 Å². The second-order valence-electron chi connectivity index (χ2n) is 12.0. The molecule has 4 rings (SSSR count). The van der Waals surface area contributed by atoms with Gasteiger partial charge in [0.2, 0.25) is 0 Å². The van der Waals surface area contributed by atoms with Gasteiger partial charge in [-0.05, 0) is 86.4 Å². The van der Waals surface area contributed by atoms with E-state index in [1.54, 1.807) is 0 Å². The molecule has 0 aromatic heterocycles. The van der Waals surface area contributed by atoms with Gasteiger partial charge in [0.25, 0.3) is 0 Å². The average Bonchev–Trinajstić information content (AvgIpc) is 3.12. The Morgan fingerprint density at radius 2 is 1.91 bits per heavy atom. The first-order chi connectivity index (χ1) is 15.1. The molecule has 9 atom stereocenters. The molecule has 1 unspecified atom stereocenters. The molecule has 0 bridgehead atoms. The predicted octanol–water partition coefficient (Wildman–Crippen LogP) is 5.72. The summed E-state index contributed by atoms with van der Waals surface area (Å²) in [5.74, 6) is 1.80. The molecule has 4 heteroatoms. The van der Waals surface area contributed by atoms with E-state index in [0.717, 1.165) is 25.7 Å². The Kier molecular flexibility index (Phi) is 6.18. The molecule has 4 fully saturated rings. The summed E-state index contributed by atoms with van der Waals surface area (Å²) in [4.78, 5) is 27.7. The molecule has 0 radical (unpaired) electrons. The van der Waals surface area contributed by atoms with E-state index < -0.39 is 11.5 Å². The zero-order valence-electron chi connectivity index (χ0n) is 21.1. The van der Waals surface area contributed by atoms with Gasteiger partial charge in [-0.25, -0.2) is 0 Å². The zero-order valence-corrected chi connectivity index (χ0v) is 21.1. The van der Waals surface area contributed by atoms with Crippen LogP contribution in [0.15, 0.2) is 11.6 Å². The summed E-state index contributed by atoms with van der Waals surface area (Å²) in [7, 11) is 1.43. The number of ether oxygens (including phenoxy) is 1. The van der Waals surface area contributed by atoms with Crippen LogP contribution < -0.4 is 0 Å². The van der Waals surface area contributed by atoms with Gasteiger partial charge in [0.05, 0.1) is 13.2 Å². The minimum atomic E-state index is -1.02. The number of carbonyl (C=O) groups is 2. The number of allylic oxidation sites excluding steroid dienone is 1. The van der Waals surface area contributed by atoms with Crippen molar-refractivity contribution in [3.05, 3.63) is 11.6 Å². The summed E-state index contributed by atoms with van der Waals surface area (Å²) in [6.07, 6.45) is 10.1. The van der Waals surface area contributed by atoms with Crippen LogP contribution in [0.3, 0.4) is 0 Å². The molecule has 0 aromatic carbocycles. The highest BCUT2D eigenvalue weighted by atomic mass is 16.5. The minimum Gasteiger partial charge on any atom is -0.468 e. The van der Waals surface area contributed by atoms with E-state index in [1.807, 2.05) is 13.0 Å². The van der Waals surface area contributed by atoms with Crippen molar-refractivity contribution in [3.63, 3.8) is 0 Å². The number of hydrogen-bond acceptors (Lipinski definition) is 4. The molecule has 0 aliphatic heterocycles. The van der Waals surface area contributed by atoms with Gasteiger partial charge in [-0.3, -0.25) is 9.59 Å². The standard InChI is InChI=1S/C28H44O4/c1-7-9-17(3)20-10-11-21-23-22(13-14-26(20,21)4)27(5)15-12-18(29)16-28(27,25(31)32-6)19(8-2)24(23)30/h8,17-18,20-23,29H,7,9-16H2,1-6H3/t17-,18-,20-,21+,22+,23+,26-,27-,28?/m1/s1. The van der Waals surface area contributed by atoms with Crippen LogP contribution in [0.2, 0.25) is 0 Å². The fourth-order valence-corrected chi connectivity index (χ4v) is 9.52. The molecule has 1 N–H and O–H groups in total. The van der Waals surface area contributed by atoms with Crippen molar-refractivity contribution in [2.45, 2.75) is 98.5 Å². The quantitative estimate of drug-likeness (QED) is 0.445. The highest BCUT2D eigenvalue weighted by Gasteiger charge is 2.71. The summed E-state index contributed by atoms with van der Waals surface area (Å²) in [5, 5.41) is 10.7. The molecular formula is C28H44O4. The maximum atomic E-state index is 14.2. The van der Waals surface area contributed by atoms with Crippen LogP contribution in [-0.2, 0) is 14.3 Å². The Balaban J connectivity index is 1.81. The van der Waals surface area contributed by atoms with Gasteiger partial charge in [0.1, 0.15) is 5.41 Å². The number of methoxy groups -OCH3 is 1. The average molecular weight is 445 g/mol. The lowest BCUT2D eigenvalue weighted by Crippen LogP contribution is -2.66. The van der Waals surface area contributed by atoms with Gasteiger partial charge in [-0.15, -0.1) is 0 Å². The smallest absolute Gasteiger partial charge is 0.317 e. The van der Waals surface area contributed by atoms with Crippen LogP contribution in [0.25, 0.3) is 0 Å². The SMILES string of the molecule is CC=C1C(=O)[C@H]2[C@@H]3CC[C@H]([C@H](C)CCC)[C@@]3(C)CC[C@@H]2[C@@]2(C)CC[C@@H](O)CC12C(=O)OC. The Labute approximate surface area is 194 Å². The molecule has 0 amide bonds. The lowest BCUT2D eigenvalue weighted by atomic mass is 9.38. The lowest BCUT2D eigenvalue weighted by Gasteiger charge is -2.64. The summed E-state index contributed by atoms with van der Waals surface area (Å²) >= 11 is 0. The van der Waals surface area contributed by atoms with Gasteiger partial charge in [0.15, 0.2) is 5.78 Å². The Hall–Kier alpha value is -1.16. The number of hydrogen-bond donors (Lipinski definition) is 1. The summed E-state index contributed by atoms with van der Waals surface area (Å²) in [6, 6.07) is 0. The molecule has 4 saturated carbocycles. The van der Waals surface area contributed by atoms with E-state index in [1.165, 1.54) is 26.4 Å². The van der Waals surface area contributed by atoms with Crippen molar-refractivity contribution in [2.75, 3.05) is 7.11 Å². The largest absolute Gasteiger partial charge is 0.468 e. The van der Waals surface area contributed by atoms with E-state index in [-0.39, 0.29) is 34.4 Å². The second kappa shape index (κ2) is 8.25. The van der Waals surface area contributed by atoms with Gasteiger partial charge in [0, 0.05) is 11.5 Å². The molecule has 4 aliphatic carbocycles. The van der Waals surface area contributed by atoms with Gasteiger partial charge in [-0.1, -0.05) is 46.6 Å². The number of carbonyl (C=O) groups excluding carboxylic acids is 2. The minimum absolute atomic E-state index is 0.00296. The van der Waals surface area contributed by atoms with E-state index in [2.05, 4.69) is 27.7 Å². The van der Waals surface area contributed by atoms with Crippen molar-refractivity contribution in [1.29, 1.82) is 0 Å². The zero-order chi connectivity index (χ0) is 23.5. The van der Waals surface area contributed by atoms with Crippen LogP contribution in [0, 0.1) is 45.8 Å². The molecular weight excluding hydrogens is 400 g/mol. The summed E-state index contributed by atoms with van der Waals surface area (Å²) < 4.78 is 5.36. The maximum Gasteiger partial charge on any atom is 0.317 e. The first-order valence-corrected chi connectivity index (χ1v) is 13.1. The number of fused-ring (bicyclic) bond motifs is 5. The van der Waals surface area contributed by atoms with E-state index in [4.69, 9.17) is 4.74 Å². The van der Waals surface area contributed by atoms with Crippen LogP contribution in [-0.4, -0.2) is 30.1 Å². The summed E-state index contributed by atoms with van der Waals surface area (Å²) in [6.45, 7) is 11.3. The van der Waals surface area contributed by atoms with Crippen molar-refractivity contribution in [1.82, 2.24) is 0 Å². The van der Waals surface area contributed by atoms with Crippen LogP contribution in [0.5, 0.6) is 0 Å². The van der Waals surface area contributed by atoms with Crippen molar-refractivity contribution >= 4 is 11.8 Å². The van der Waals surface area contributed by atoms with Crippen LogP contribution in [0.1, 0.15) is 92.4 Å². The van der Waals surface area contributed by atoms with E-state index in [0.29, 0.717) is 36.2 Å². The topological polar surface area (TPSA) is 63.6 Å². The second-order valence-corrected chi connectivity index (χ2v) is 12.0. The molecule has 4 aliphatic rings. The summed E-state index contributed by atoms with van der Waals surface area (Å²) in [5.41, 5.74) is -0.539. The molecule has 0 spiro atoms. The Morgan fingerprint density at radius 3 is 2.53 bits per heavy atom. The predicted molar refractivity (Wildman–Crippen MR) is 126 cm³/mol. The molecule has 4 nitrogen and oxygen atoms in total. The first kappa shape index (κ1) is 24.0. The molecule has 0 heterocycles. The number of aliphatic hydroxyl groups is 1. The van der Waals surface area contributed by atoms with Crippen molar-refractivity contribution in [2.24, 2.45) is 45.8 Å². The van der Waals surface area contributed by atoms with Gasteiger partial charge < -0.3 is 9.84 Å². The normalized spacial score (nSPS) is 48.0. The maximum absolute atomic E-state index is 14.2. The molecule has 0 aromatic rings. The Morgan fingerprint density at radius 1 is 1.19 bits per heavy atom. The first-order valence-electron chi connectivity index (χ1n) is 13.1. The number of ketones is 1. The fraction of sp³-hybridized carbons (Fsp3) is 0.857. The number of aliphatic hydroxyl groups excluding tert-OH is 1. The number of esters is 1. The number of rotatable bonds is 4. The molecule has 180 valence electrons. The van der Waals surface area contributed by atoms with Crippen LogP contribution in [0.4, 0.5) is 0 Å².